The second kappa shape index (κ2) is 12.3. The molecule has 0 amide bonds. The topological polar surface area (TPSA) is 96.8 Å². The first kappa shape index (κ1) is 24.7. The van der Waals surface area contributed by atoms with Crippen LogP contribution < -0.4 is 9.47 Å². The third-order valence-electron chi connectivity index (χ3n) is 4.98. The Kier molecular flexibility index (Phi) is 8.96. The molecule has 0 aliphatic carbocycles. The van der Waals surface area contributed by atoms with E-state index in [1.807, 2.05) is 36.4 Å². The highest BCUT2D eigenvalue weighted by Gasteiger charge is 2.13. The zero-order valence-electron chi connectivity index (χ0n) is 19.6. The summed E-state index contributed by atoms with van der Waals surface area (Å²) >= 11 is 0. The molecule has 3 rings (SSSR count). The van der Waals surface area contributed by atoms with Crippen LogP contribution >= 0.6 is 0 Å². The lowest BCUT2D eigenvalue weighted by Gasteiger charge is -2.13. The Morgan fingerprint density at radius 2 is 1.65 bits per heavy atom. The highest BCUT2D eigenvalue weighted by molar-refractivity contribution is 5.89. The molecule has 0 N–H and O–H groups in total. The fourth-order valence-corrected chi connectivity index (χ4v) is 3.33. The highest BCUT2D eigenvalue weighted by Crippen LogP contribution is 2.23. The molecule has 178 valence electrons. The number of carbonyl (C=O) groups excluding carboxylic acids is 2. The Balaban J connectivity index is 1.71. The van der Waals surface area contributed by atoms with Gasteiger partial charge in [0.1, 0.15) is 19.0 Å². The molecule has 0 fully saturated rings. The number of methoxy groups -OCH3 is 2. The lowest BCUT2D eigenvalue weighted by Crippen LogP contribution is -2.08. The summed E-state index contributed by atoms with van der Waals surface area (Å²) in [5.41, 5.74) is 3.38. The second-order valence-corrected chi connectivity index (χ2v) is 7.54. The summed E-state index contributed by atoms with van der Waals surface area (Å²) in [5.74, 6) is 0.311. The van der Waals surface area contributed by atoms with Crippen molar-refractivity contribution in [1.29, 1.82) is 0 Å². The third-order valence-corrected chi connectivity index (χ3v) is 4.98. The number of hydrogen-bond donors (Lipinski definition) is 0. The van der Waals surface area contributed by atoms with Gasteiger partial charge in [-0.2, -0.15) is 0 Å². The Labute approximate surface area is 198 Å². The average Bonchev–Trinajstić information content (AvgIpc) is 2.86. The van der Waals surface area contributed by atoms with E-state index in [-0.39, 0.29) is 6.61 Å². The van der Waals surface area contributed by atoms with Gasteiger partial charge in [0.05, 0.1) is 31.2 Å². The van der Waals surface area contributed by atoms with E-state index in [1.54, 1.807) is 25.3 Å². The van der Waals surface area contributed by atoms with E-state index in [9.17, 15) is 9.59 Å². The molecule has 2 aromatic heterocycles. The zero-order valence-corrected chi connectivity index (χ0v) is 19.6. The predicted molar refractivity (Wildman–Crippen MR) is 125 cm³/mol. The Morgan fingerprint density at radius 3 is 2.35 bits per heavy atom. The lowest BCUT2D eigenvalue weighted by atomic mass is 10.1. The molecular formula is C26H28N2O6. The lowest BCUT2D eigenvalue weighted by molar-refractivity contribution is -0.142. The van der Waals surface area contributed by atoms with Gasteiger partial charge in [0, 0.05) is 18.7 Å². The average molecular weight is 465 g/mol. The molecule has 34 heavy (non-hydrogen) atoms. The number of rotatable bonds is 11. The van der Waals surface area contributed by atoms with Crippen molar-refractivity contribution in [2.75, 3.05) is 14.2 Å². The quantitative estimate of drug-likeness (QED) is 0.392. The standard InChI is InChI=1S/C26H28N2O6/c1-18(29)33-17-22-15-20(26(30)32-3)14-21(27-22)10-7-11-23-24(12-13-25(28-23)31-2)34-16-19-8-5-4-6-9-19/h4-6,8-9,12-15H,7,10-11,16-17H2,1-3H3. The largest absolute Gasteiger partial charge is 0.487 e. The molecule has 0 atom stereocenters. The maximum absolute atomic E-state index is 12.1. The van der Waals surface area contributed by atoms with Gasteiger partial charge >= 0.3 is 11.9 Å². The Morgan fingerprint density at radius 1 is 0.882 bits per heavy atom. The van der Waals surface area contributed by atoms with Crippen molar-refractivity contribution >= 4 is 11.9 Å². The predicted octanol–water partition coefficient (Wildman–Crippen LogP) is 4.09. The molecule has 8 nitrogen and oxygen atoms in total. The van der Waals surface area contributed by atoms with E-state index in [4.69, 9.17) is 18.9 Å². The van der Waals surface area contributed by atoms with Crippen molar-refractivity contribution < 1.29 is 28.5 Å². The second-order valence-electron chi connectivity index (χ2n) is 7.54. The molecule has 0 saturated carbocycles. The molecule has 0 bridgehead atoms. The van der Waals surface area contributed by atoms with Crippen molar-refractivity contribution in [1.82, 2.24) is 9.97 Å². The first-order chi connectivity index (χ1) is 16.5. The number of aromatic nitrogens is 2. The number of carbonyl (C=O) groups is 2. The van der Waals surface area contributed by atoms with Crippen LogP contribution in [0.4, 0.5) is 0 Å². The van der Waals surface area contributed by atoms with E-state index < -0.39 is 11.9 Å². The Hall–Kier alpha value is -3.94. The molecule has 0 radical (unpaired) electrons. The van der Waals surface area contributed by atoms with E-state index in [0.29, 0.717) is 54.5 Å². The van der Waals surface area contributed by atoms with Gasteiger partial charge in [-0.25, -0.2) is 9.78 Å². The highest BCUT2D eigenvalue weighted by atomic mass is 16.5. The van der Waals surface area contributed by atoms with Crippen LogP contribution in [-0.4, -0.2) is 36.1 Å². The van der Waals surface area contributed by atoms with Gasteiger partial charge in [0.2, 0.25) is 5.88 Å². The fraction of sp³-hybridized carbons (Fsp3) is 0.308. The van der Waals surface area contributed by atoms with Gasteiger partial charge in [-0.05, 0) is 43.0 Å². The van der Waals surface area contributed by atoms with Gasteiger partial charge in [0.15, 0.2) is 0 Å². The van der Waals surface area contributed by atoms with Gasteiger partial charge in [-0.15, -0.1) is 0 Å². The monoisotopic (exact) mass is 464 g/mol. The van der Waals surface area contributed by atoms with E-state index in [2.05, 4.69) is 9.97 Å². The summed E-state index contributed by atoms with van der Waals surface area (Å²) in [7, 11) is 2.89. The SMILES string of the molecule is COC(=O)c1cc(CCCc2nc(OC)ccc2OCc2ccccc2)nc(COC(C)=O)c1. The van der Waals surface area contributed by atoms with E-state index in [1.165, 1.54) is 14.0 Å². The summed E-state index contributed by atoms with van der Waals surface area (Å²) in [6.07, 6.45) is 1.89. The summed E-state index contributed by atoms with van der Waals surface area (Å²) in [5, 5.41) is 0. The molecule has 0 spiro atoms. The maximum Gasteiger partial charge on any atom is 0.337 e. The number of benzene rings is 1. The first-order valence-corrected chi connectivity index (χ1v) is 10.9. The van der Waals surface area contributed by atoms with Crippen LogP contribution in [0.5, 0.6) is 11.6 Å². The van der Waals surface area contributed by atoms with E-state index >= 15 is 0 Å². The minimum Gasteiger partial charge on any atom is -0.487 e. The number of esters is 2. The third kappa shape index (κ3) is 7.30. The zero-order chi connectivity index (χ0) is 24.3. The molecular weight excluding hydrogens is 436 g/mol. The fourth-order valence-electron chi connectivity index (χ4n) is 3.33. The minimum absolute atomic E-state index is 0.0118. The number of hydrogen-bond acceptors (Lipinski definition) is 8. The molecule has 1 aromatic carbocycles. The number of aryl methyl sites for hydroxylation is 2. The van der Waals surface area contributed by atoms with Crippen LogP contribution in [0.2, 0.25) is 0 Å². The van der Waals surface area contributed by atoms with Crippen LogP contribution in [0.15, 0.2) is 54.6 Å². The van der Waals surface area contributed by atoms with Gasteiger partial charge in [-0.1, -0.05) is 30.3 Å². The molecule has 0 saturated heterocycles. The Bertz CT molecular complexity index is 1120. The summed E-state index contributed by atoms with van der Waals surface area (Å²) in [4.78, 5) is 32.3. The molecule has 3 aromatic rings. The van der Waals surface area contributed by atoms with Crippen molar-refractivity contribution in [3.63, 3.8) is 0 Å². The van der Waals surface area contributed by atoms with Crippen molar-refractivity contribution in [3.8, 4) is 11.6 Å². The van der Waals surface area contributed by atoms with Crippen LogP contribution in [0.3, 0.4) is 0 Å². The summed E-state index contributed by atoms with van der Waals surface area (Å²) < 4.78 is 21.2. The first-order valence-electron chi connectivity index (χ1n) is 10.9. The van der Waals surface area contributed by atoms with Crippen LogP contribution in [-0.2, 0) is 40.3 Å². The summed E-state index contributed by atoms with van der Waals surface area (Å²) in [6, 6.07) is 16.8. The minimum atomic E-state index is -0.473. The summed E-state index contributed by atoms with van der Waals surface area (Å²) in [6.45, 7) is 1.75. The number of ether oxygens (including phenoxy) is 4. The smallest absolute Gasteiger partial charge is 0.337 e. The molecule has 8 heteroatoms. The van der Waals surface area contributed by atoms with Crippen molar-refractivity contribution in [2.24, 2.45) is 0 Å². The van der Waals surface area contributed by atoms with Gasteiger partial charge < -0.3 is 18.9 Å². The maximum atomic E-state index is 12.1. The number of nitrogens with zero attached hydrogens (tertiary/aromatic N) is 2. The molecule has 0 aliphatic rings. The van der Waals surface area contributed by atoms with Crippen LogP contribution in [0.25, 0.3) is 0 Å². The number of pyridine rings is 2. The normalized spacial score (nSPS) is 10.4. The van der Waals surface area contributed by atoms with Crippen LogP contribution in [0, 0.1) is 0 Å². The van der Waals surface area contributed by atoms with Crippen LogP contribution in [0.1, 0.15) is 46.3 Å². The van der Waals surface area contributed by atoms with Gasteiger partial charge in [-0.3, -0.25) is 9.78 Å². The molecule has 0 unspecified atom stereocenters. The van der Waals surface area contributed by atoms with Crippen molar-refractivity contribution in [3.05, 3.63) is 82.8 Å². The van der Waals surface area contributed by atoms with Crippen molar-refractivity contribution in [2.45, 2.75) is 39.4 Å². The molecule has 2 heterocycles. The molecule has 0 aliphatic heterocycles. The van der Waals surface area contributed by atoms with Gasteiger partial charge in [0.25, 0.3) is 0 Å². The van der Waals surface area contributed by atoms with E-state index in [0.717, 1.165) is 11.3 Å².